The first-order valence-electron chi connectivity index (χ1n) is 7.97. The smallest absolute Gasteiger partial charge is 0.138 e. The monoisotopic (exact) mass is 382 g/mol. The van der Waals surface area contributed by atoms with Crippen LogP contribution in [-0.4, -0.2) is 10.7 Å². The molecular weight excluding hydrogens is 367 g/mol. The van der Waals surface area contributed by atoms with E-state index in [-0.39, 0.29) is 5.82 Å². The fraction of sp³-hybridized carbons (Fsp3) is 0.0476. The van der Waals surface area contributed by atoms with E-state index in [1.165, 1.54) is 29.5 Å². The molecule has 1 aromatic heterocycles. The molecule has 0 radical (unpaired) electrons. The normalized spacial score (nSPS) is 11.9. The molecule has 5 heteroatoms. The van der Waals surface area contributed by atoms with Gasteiger partial charge in [-0.25, -0.2) is 14.4 Å². The second-order valence-corrected chi connectivity index (χ2v) is 6.89. The third-order valence-corrected chi connectivity index (χ3v) is 4.68. The molecule has 0 atom stereocenters. The Balaban J connectivity index is 1.90. The topological polar surface area (TPSA) is 25.2 Å². The van der Waals surface area contributed by atoms with Crippen molar-refractivity contribution in [2.75, 3.05) is 0 Å². The minimum Gasteiger partial charge on any atom is -0.248 e. The summed E-state index contributed by atoms with van der Waals surface area (Å²) < 4.78 is 13.0. The molecule has 3 rings (SSSR count). The minimum absolute atomic E-state index is 0.248. The minimum atomic E-state index is -0.248. The van der Waals surface area contributed by atoms with Gasteiger partial charge in [0.05, 0.1) is 11.4 Å². The summed E-state index contributed by atoms with van der Waals surface area (Å²) in [5.74, 6) is -0.248. The zero-order valence-corrected chi connectivity index (χ0v) is 15.6. The fourth-order valence-corrected chi connectivity index (χ4v) is 3.08. The van der Waals surface area contributed by atoms with Crippen molar-refractivity contribution in [3.05, 3.63) is 100 Å². The lowest BCUT2D eigenvalue weighted by Crippen LogP contribution is -1.98. The van der Waals surface area contributed by atoms with Crippen molar-refractivity contribution in [1.29, 1.82) is 0 Å². The maximum absolute atomic E-state index is 13.0. The molecule has 0 unspecified atom stereocenters. The van der Waals surface area contributed by atoms with E-state index in [1.807, 2.05) is 54.8 Å². The molecule has 0 amide bonds. The van der Waals surface area contributed by atoms with Gasteiger partial charge >= 0.3 is 0 Å². The van der Waals surface area contributed by atoms with Crippen molar-refractivity contribution in [1.82, 2.24) is 4.98 Å². The highest BCUT2D eigenvalue weighted by molar-refractivity contribution is 8.02. The van der Waals surface area contributed by atoms with Crippen molar-refractivity contribution in [3.63, 3.8) is 0 Å². The van der Waals surface area contributed by atoms with Crippen molar-refractivity contribution in [3.8, 4) is 0 Å². The van der Waals surface area contributed by atoms with E-state index < -0.39 is 0 Å². The summed E-state index contributed by atoms with van der Waals surface area (Å²) in [5.41, 5.74) is 3.47. The first kappa shape index (κ1) is 18.4. The number of halogens is 2. The Bertz CT molecular complexity index is 935. The predicted molar refractivity (Wildman–Crippen MR) is 108 cm³/mol. The van der Waals surface area contributed by atoms with Crippen LogP contribution in [0.25, 0.3) is 0 Å². The van der Waals surface area contributed by atoms with E-state index in [4.69, 9.17) is 16.6 Å². The first-order valence-corrected chi connectivity index (χ1v) is 9.22. The molecule has 0 fully saturated rings. The fourth-order valence-electron chi connectivity index (χ4n) is 2.21. The lowest BCUT2D eigenvalue weighted by Gasteiger charge is -2.05. The first-order chi connectivity index (χ1) is 12.6. The standard InChI is InChI=1S/C21H16ClFN2S/c1-15-4-8-17(9-5-15)25-20(19-3-2-13-24-21(19)22)12-14-26-18-10-6-16(23)7-11-18/h2-14H,1H3/b14-12+,25-20-. The Kier molecular flexibility index (Phi) is 6.21. The summed E-state index contributed by atoms with van der Waals surface area (Å²) in [6.45, 7) is 2.03. The summed E-state index contributed by atoms with van der Waals surface area (Å²) >= 11 is 7.73. The molecule has 0 aliphatic rings. The summed E-state index contributed by atoms with van der Waals surface area (Å²) in [4.78, 5) is 9.78. The van der Waals surface area contributed by atoms with E-state index in [2.05, 4.69) is 4.98 Å². The van der Waals surface area contributed by atoms with E-state index in [0.29, 0.717) is 10.9 Å². The number of rotatable bonds is 5. The van der Waals surface area contributed by atoms with Crippen LogP contribution >= 0.6 is 23.4 Å². The Hall–Kier alpha value is -2.43. The second kappa shape index (κ2) is 8.79. The van der Waals surface area contributed by atoms with E-state index in [9.17, 15) is 4.39 Å². The van der Waals surface area contributed by atoms with Gasteiger partial charge in [0.15, 0.2) is 0 Å². The average Bonchev–Trinajstić information content (AvgIpc) is 2.65. The Labute approximate surface area is 161 Å². The quantitative estimate of drug-likeness (QED) is 0.282. The number of aromatic nitrogens is 1. The van der Waals surface area contributed by atoms with Crippen LogP contribution in [0.3, 0.4) is 0 Å². The van der Waals surface area contributed by atoms with Crippen LogP contribution in [0, 0.1) is 12.7 Å². The third kappa shape index (κ3) is 5.04. The van der Waals surface area contributed by atoms with Gasteiger partial charge in [-0.05, 0) is 66.9 Å². The molecule has 130 valence electrons. The number of hydrogen-bond donors (Lipinski definition) is 0. The second-order valence-electron chi connectivity index (χ2n) is 5.55. The van der Waals surface area contributed by atoms with Gasteiger partial charge in [-0.15, -0.1) is 0 Å². The van der Waals surface area contributed by atoms with Gasteiger partial charge in [0.1, 0.15) is 11.0 Å². The van der Waals surface area contributed by atoms with Crippen LogP contribution in [0.4, 0.5) is 10.1 Å². The van der Waals surface area contributed by atoms with Crippen LogP contribution in [-0.2, 0) is 0 Å². The number of nitrogens with zero attached hydrogens (tertiary/aromatic N) is 2. The summed E-state index contributed by atoms with van der Waals surface area (Å²) in [5, 5.41) is 2.30. The van der Waals surface area contributed by atoms with Crippen molar-refractivity contribution in [2.24, 2.45) is 4.99 Å². The number of pyridine rings is 1. The van der Waals surface area contributed by atoms with Gasteiger partial charge in [0.25, 0.3) is 0 Å². The molecule has 0 aliphatic carbocycles. The van der Waals surface area contributed by atoms with Crippen LogP contribution in [0.1, 0.15) is 11.1 Å². The van der Waals surface area contributed by atoms with Gasteiger partial charge in [0.2, 0.25) is 0 Å². The highest BCUT2D eigenvalue weighted by atomic mass is 35.5. The maximum Gasteiger partial charge on any atom is 0.138 e. The highest BCUT2D eigenvalue weighted by Crippen LogP contribution is 2.22. The predicted octanol–water partition coefficient (Wildman–Crippen LogP) is 6.61. The van der Waals surface area contributed by atoms with Crippen LogP contribution in [0.2, 0.25) is 5.15 Å². The molecule has 1 heterocycles. The van der Waals surface area contributed by atoms with Crippen LogP contribution < -0.4 is 0 Å². The van der Waals surface area contributed by atoms with Gasteiger partial charge in [-0.2, -0.15) is 0 Å². The van der Waals surface area contributed by atoms with E-state index in [1.54, 1.807) is 18.3 Å². The van der Waals surface area contributed by atoms with Crippen molar-refractivity contribution >= 4 is 34.8 Å². The van der Waals surface area contributed by atoms with Crippen molar-refractivity contribution < 1.29 is 4.39 Å². The number of hydrogen-bond acceptors (Lipinski definition) is 3. The number of allylic oxidation sites excluding steroid dienone is 1. The van der Waals surface area contributed by atoms with Crippen molar-refractivity contribution in [2.45, 2.75) is 11.8 Å². The SMILES string of the molecule is Cc1ccc(/N=C(/C=C/Sc2ccc(F)cc2)c2cccnc2Cl)cc1. The molecule has 0 bridgehead atoms. The molecule has 0 saturated carbocycles. The number of aryl methyl sites for hydroxylation is 1. The summed E-state index contributed by atoms with van der Waals surface area (Å²) in [6, 6.07) is 18.0. The van der Waals surface area contributed by atoms with Crippen LogP contribution in [0.15, 0.2) is 88.2 Å². The molecule has 26 heavy (non-hydrogen) atoms. The summed E-state index contributed by atoms with van der Waals surface area (Å²) in [7, 11) is 0. The largest absolute Gasteiger partial charge is 0.248 e. The zero-order valence-electron chi connectivity index (χ0n) is 14.1. The number of thioether (sulfide) groups is 1. The number of aliphatic imine (C=N–C) groups is 1. The lowest BCUT2D eigenvalue weighted by molar-refractivity contribution is 0.626. The van der Waals surface area contributed by atoms with Gasteiger partial charge in [0, 0.05) is 16.7 Å². The molecule has 0 N–H and O–H groups in total. The maximum atomic E-state index is 13.0. The Morgan fingerprint density at radius 1 is 1.08 bits per heavy atom. The molecule has 2 nitrogen and oxygen atoms in total. The van der Waals surface area contributed by atoms with Gasteiger partial charge in [-0.1, -0.05) is 41.1 Å². The van der Waals surface area contributed by atoms with Gasteiger partial charge < -0.3 is 0 Å². The molecule has 0 saturated heterocycles. The summed E-state index contributed by atoms with van der Waals surface area (Å²) in [6.07, 6.45) is 3.53. The average molecular weight is 383 g/mol. The Morgan fingerprint density at radius 2 is 1.81 bits per heavy atom. The third-order valence-electron chi connectivity index (χ3n) is 3.56. The Morgan fingerprint density at radius 3 is 2.50 bits per heavy atom. The number of benzene rings is 2. The highest BCUT2D eigenvalue weighted by Gasteiger charge is 2.06. The zero-order chi connectivity index (χ0) is 18.4. The lowest BCUT2D eigenvalue weighted by atomic mass is 10.1. The molecule has 3 aromatic rings. The van der Waals surface area contributed by atoms with E-state index >= 15 is 0 Å². The van der Waals surface area contributed by atoms with Gasteiger partial charge in [-0.3, -0.25) is 0 Å². The van der Waals surface area contributed by atoms with E-state index in [0.717, 1.165) is 16.1 Å². The molecule has 2 aromatic carbocycles. The molecule has 0 aliphatic heterocycles. The molecular formula is C21H16ClFN2S. The van der Waals surface area contributed by atoms with Crippen LogP contribution in [0.5, 0.6) is 0 Å². The molecule has 0 spiro atoms.